The summed E-state index contributed by atoms with van der Waals surface area (Å²) >= 11 is 0. The zero-order valence-corrected chi connectivity index (χ0v) is 18.5. The molecular formula is C20H18F3N7O2S. The number of halogens is 3. The molecule has 13 heteroatoms. The van der Waals surface area contributed by atoms with Crippen LogP contribution in [-0.4, -0.2) is 42.4 Å². The van der Waals surface area contributed by atoms with Crippen molar-refractivity contribution in [1.29, 1.82) is 5.26 Å². The average molecular weight is 477 g/mol. The van der Waals surface area contributed by atoms with Gasteiger partial charge in [0.25, 0.3) is 5.91 Å². The minimum Gasteiger partial charge on any atom is -0.342 e. The first kappa shape index (κ1) is 23.9. The van der Waals surface area contributed by atoms with Gasteiger partial charge in [0, 0.05) is 27.8 Å². The van der Waals surface area contributed by atoms with Gasteiger partial charge in [-0.25, -0.2) is 14.2 Å². The van der Waals surface area contributed by atoms with E-state index in [0.29, 0.717) is 23.6 Å². The molecule has 1 amide bonds. The molecule has 2 aromatic heterocycles. The molecule has 3 aromatic rings. The van der Waals surface area contributed by atoms with E-state index >= 15 is 0 Å². The van der Waals surface area contributed by atoms with E-state index in [0.717, 1.165) is 6.07 Å². The second kappa shape index (κ2) is 8.99. The molecule has 0 aliphatic heterocycles. The van der Waals surface area contributed by atoms with Crippen LogP contribution < -0.4 is 5.32 Å². The van der Waals surface area contributed by atoms with Crippen LogP contribution >= 0.6 is 0 Å². The van der Waals surface area contributed by atoms with Gasteiger partial charge < -0.3 is 5.32 Å². The highest BCUT2D eigenvalue weighted by Crippen LogP contribution is 2.30. The molecule has 1 N–H and O–H groups in total. The fourth-order valence-electron chi connectivity index (χ4n) is 2.87. The van der Waals surface area contributed by atoms with Crippen LogP contribution in [0.5, 0.6) is 0 Å². The van der Waals surface area contributed by atoms with Gasteiger partial charge in [-0.2, -0.15) is 32.6 Å². The third-order valence-electron chi connectivity index (χ3n) is 4.24. The Bertz CT molecular complexity index is 1340. The van der Waals surface area contributed by atoms with Crippen LogP contribution in [0.1, 0.15) is 40.3 Å². The minimum atomic E-state index is -4.71. The Morgan fingerprint density at radius 1 is 1.24 bits per heavy atom. The number of alkyl halides is 3. The lowest BCUT2D eigenvalue weighted by molar-refractivity contribution is -0.137. The van der Waals surface area contributed by atoms with Gasteiger partial charge in [-0.1, -0.05) is 0 Å². The van der Waals surface area contributed by atoms with Crippen molar-refractivity contribution in [2.24, 2.45) is 4.36 Å². The second-order valence-electron chi connectivity index (χ2n) is 7.28. The molecule has 0 saturated heterocycles. The predicted octanol–water partition coefficient (Wildman–Crippen LogP) is 3.40. The number of pyridine rings is 1. The van der Waals surface area contributed by atoms with Gasteiger partial charge in [-0.3, -0.25) is 4.79 Å². The van der Waals surface area contributed by atoms with Gasteiger partial charge in [0.1, 0.15) is 6.33 Å². The summed E-state index contributed by atoms with van der Waals surface area (Å²) in [4.78, 5) is 20.9. The summed E-state index contributed by atoms with van der Waals surface area (Å²) in [6.07, 6.45) is 0.916. The molecule has 0 aliphatic rings. The Labute approximate surface area is 187 Å². The Hall–Kier alpha value is -3.79. The monoisotopic (exact) mass is 477 g/mol. The smallest absolute Gasteiger partial charge is 0.342 e. The molecule has 0 aliphatic carbocycles. The van der Waals surface area contributed by atoms with Crippen molar-refractivity contribution < 1.29 is 22.2 Å². The fourth-order valence-corrected chi connectivity index (χ4v) is 3.48. The molecule has 1 aromatic carbocycles. The highest BCUT2D eigenvalue weighted by atomic mass is 32.2. The highest BCUT2D eigenvalue weighted by molar-refractivity contribution is 7.92. The number of rotatable bonds is 5. The SMILES string of the molecule is C[C@H](NC(=O)c1cc(C#N)cc(C(F)(F)F)c1)c1ncnn1-c1ccc(N=S(C)(C)=O)cn1. The first-order chi connectivity index (χ1) is 15.4. The standard InChI is InChI=1S/C20H18F3N7O2S/c1-12(28-19(31)14-6-13(9-24)7-15(8-14)20(21,22)23)18-26-11-27-30(18)17-5-4-16(10-25-17)29-33(2,3)32/h4-8,10-12H,1-3H3,(H,28,31)/t12-/m0/s1. The number of amides is 1. The third kappa shape index (κ3) is 5.92. The van der Waals surface area contributed by atoms with Crippen molar-refractivity contribution >= 4 is 21.3 Å². The first-order valence-corrected chi connectivity index (χ1v) is 11.7. The molecule has 0 bridgehead atoms. The lowest BCUT2D eigenvalue weighted by Crippen LogP contribution is -2.29. The number of nitrogens with zero attached hydrogens (tertiary/aromatic N) is 6. The van der Waals surface area contributed by atoms with E-state index in [4.69, 9.17) is 5.26 Å². The molecule has 33 heavy (non-hydrogen) atoms. The summed E-state index contributed by atoms with van der Waals surface area (Å²) in [5, 5.41) is 15.6. The van der Waals surface area contributed by atoms with Crippen LogP contribution in [0, 0.1) is 11.3 Å². The Morgan fingerprint density at radius 2 is 1.97 bits per heavy atom. The third-order valence-corrected chi connectivity index (χ3v) is 4.89. The number of carbonyl (C=O) groups excluding carboxylic acids is 1. The Balaban J connectivity index is 1.85. The topological polar surface area (TPSA) is 126 Å². The number of hydrogen-bond acceptors (Lipinski definition) is 7. The van der Waals surface area contributed by atoms with E-state index in [2.05, 4.69) is 24.7 Å². The van der Waals surface area contributed by atoms with Crippen molar-refractivity contribution in [3.63, 3.8) is 0 Å². The van der Waals surface area contributed by atoms with Crippen LogP contribution in [0.25, 0.3) is 5.82 Å². The molecule has 2 heterocycles. The quantitative estimate of drug-likeness (QED) is 0.600. The zero-order valence-electron chi connectivity index (χ0n) is 17.7. The molecule has 0 spiro atoms. The average Bonchev–Trinajstić information content (AvgIpc) is 3.22. The highest BCUT2D eigenvalue weighted by Gasteiger charge is 2.32. The van der Waals surface area contributed by atoms with Crippen LogP contribution in [-0.2, 0) is 15.9 Å². The molecule has 0 saturated carbocycles. The molecule has 0 fully saturated rings. The van der Waals surface area contributed by atoms with Crippen LogP contribution in [0.4, 0.5) is 18.9 Å². The maximum Gasteiger partial charge on any atom is 0.416 e. The van der Waals surface area contributed by atoms with E-state index in [1.165, 1.54) is 29.7 Å². The van der Waals surface area contributed by atoms with Gasteiger partial charge in [0.05, 0.1) is 35.1 Å². The number of carbonyl (C=O) groups is 1. The van der Waals surface area contributed by atoms with E-state index in [-0.39, 0.29) is 17.0 Å². The van der Waals surface area contributed by atoms with Crippen molar-refractivity contribution in [2.75, 3.05) is 12.5 Å². The van der Waals surface area contributed by atoms with E-state index in [1.807, 2.05) is 0 Å². The predicted molar refractivity (Wildman–Crippen MR) is 113 cm³/mol. The summed E-state index contributed by atoms with van der Waals surface area (Å²) in [6.45, 7) is 1.57. The van der Waals surface area contributed by atoms with Crippen molar-refractivity contribution in [3.8, 4) is 11.9 Å². The van der Waals surface area contributed by atoms with Crippen molar-refractivity contribution in [2.45, 2.75) is 19.1 Å². The number of nitriles is 1. The lowest BCUT2D eigenvalue weighted by atomic mass is 10.0. The second-order valence-corrected chi connectivity index (χ2v) is 9.83. The number of aromatic nitrogens is 4. The van der Waals surface area contributed by atoms with Gasteiger partial charge >= 0.3 is 6.18 Å². The van der Waals surface area contributed by atoms with Crippen molar-refractivity contribution in [1.82, 2.24) is 25.1 Å². The number of benzene rings is 1. The molecule has 1 atom stereocenters. The van der Waals surface area contributed by atoms with Crippen LogP contribution in [0.15, 0.2) is 47.2 Å². The van der Waals surface area contributed by atoms with Crippen LogP contribution in [0.2, 0.25) is 0 Å². The Kier molecular flexibility index (Phi) is 6.50. The maximum atomic E-state index is 13.1. The van der Waals surface area contributed by atoms with Crippen LogP contribution in [0.3, 0.4) is 0 Å². The first-order valence-electron chi connectivity index (χ1n) is 9.34. The largest absolute Gasteiger partial charge is 0.416 e. The number of nitrogens with one attached hydrogen (secondary N) is 1. The summed E-state index contributed by atoms with van der Waals surface area (Å²) in [7, 11) is -2.36. The van der Waals surface area contributed by atoms with Gasteiger partial charge in [0.2, 0.25) is 0 Å². The van der Waals surface area contributed by atoms with Gasteiger partial charge in [-0.05, 0) is 37.3 Å². The fraction of sp³-hybridized carbons (Fsp3) is 0.250. The zero-order chi connectivity index (χ0) is 24.4. The molecular weight excluding hydrogens is 459 g/mol. The summed E-state index contributed by atoms with van der Waals surface area (Å²) in [5.74, 6) is -0.211. The normalized spacial score (nSPS) is 12.6. The van der Waals surface area contributed by atoms with E-state index < -0.39 is 33.4 Å². The van der Waals surface area contributed by atoms with E-state index in [1.54, 1.807) is 25.1 Å². The van der Waals surface area contributed by atoms with Gasteiger partial charge in [-0.15, -0.1) is 0 Å². The summed E-state index contributed by atoms with van der Waals surface area (Å²) in [6, 6.07) is 6.45. The summed E-state index contributed by atoms with van der Waals surface area (Å²) < 4.78 is 56.5. The minimum absolute atomic E-state index is 0.266. The molecule has 3 rings (SSSR count). The van der Waals surface area contributed by atoms with Gasteiger partial charge in [0.15, 0.2) is 11.6 Å². The van der Waals surface area contributed by atoms with Crippen molar-refractivity contribution in [3.05, 3.63) is 65.4 Å². The lowest BCUT2D eigenvalue weighted by Gasteiger charge is -2.15. The molecule has 172 valence electrons. The molecule has 9 nitrogen and oxygen atoms in total. The van der Waals surface area contributed by atoms with E-state index in [9.17, 15) is 22.2 Å². The number of hydrogen-bond donors (Lipinski definition) is 1. The maximum absolute atomic E-state index is 13.1. The molecule has 0 radical (unpaired) electrons. The molecule has 0 unspecified atom stereocenters. The Morgan fingerprint density at radius 3 is 2.55 bits per heavy atom. The summed E-state index contributed by atoms with van der Waals surface area (Å²) in [5.41, 5.74) is -1.29.